The third-order valence-corrected chi connectivity index (χ3v) is 2.51. The molecule has 0 aliphatic heterocycles. The van der Waals surface area contributed by atoms with Gasteiger partial charge in [-0.2, -0.15) is 4.39 Å². The molecule has 0 heterocycles. The average molecular weight is 335 g/mol. The van der Waals surface area contributed by atoms with Crippen LogP contribution in [0, 0.1) is 15.9 Å². The van der Waals surface area contributed by atoms with Gasteiger partial charge in [-0.05, 0) is 26.8 Å². The van der Waals surface area contributed by atoms with Crippen LogP contribution in [0.2, 0.25) is 5.02 Å². The highest BCUT2D eigenvalue weighted by atomic mass is 35.5. The summed E-state index contributed by atoms with van der Waals surface area (Å²) >= 11 is 5.44. The van der Waals surface area contributed by atoms with Gasteiger partial charge in [0.15, 0.2) is 0 Å². The van der Waals surface area contributed by atoms with Gasteiger partial charge in [-0.1, -0.05) is 11.6 Å². The van der Waals surface area contributed by atoms with Crippen molar-refractivity contribution in [1.82, 2.24) is 0 Å². The summed E-state index contributed by atoms with van der Waals surface area (Å²) in [5.74, 6) is -3.08. The molecule has 1 aromatic rings. The number of benzene rings is 1. The molecule has 0 spiro atoms. The first kappa shape index (κ1) is 17.6. The highest BCUT2D eigenvalue weighted by molar-refractivity contribution is 6.31. The lowest BCUT2D eigenvalue weighted by Gasteiger charge is -2.20. The van der Waals surface area contributed by atoms with E-state index in [1.165, 1.54) is 20.8 Å². The summed E-state index contributed by atoms with van der Waals surface area (Å²) in [6.45, 7) is 4.59. The zero-order chi connectivity index (χ0) is 17.2. The number of anilines is 1. The molecule has 2 N–H and O–H groups in total. The number of nitro benzene ring substituents is 1. The molecule has 120 valence electrons. The highest BCUT2D eigenvalue weighted by Crippen LogP contribution is 2.36. The Bertz CT molecular complexity index is 656. The van der Waals surface area contributed by atoms with Crippen LogP contribution in [0.3, 0.4) is 0 Å². The van der Waals surface area contributed by atoms with Crippen LogP contribution in [-0.2, 0) is 4.74 Å². The smallest absolute Gasteiger partial charge is 0.412 e. The van der Waals surface area contributed by atoms with Crippen molar-refractivity contribution in [2.75, 3.05) is 5.32 Å². The quantitative estimate of drug-likeness (QED) is 0.645. The number of aromatic carboxylic acids is 1. The van der Waals surface area contributed by atoms with Gasteiger partial charge in [0.25, 0.3) is 0 Å². The molecule has 0 aliphatic carbocycles. The van der Waals surface area contributed by atoms with Gasteiger partial charge >= 0.3 is 17.7 Å². The standard InChI is InChI=1S/C12H12ClFN2O6/c1-12(2,3)22-11(19)15-8-5(10(17)18)4-6(13)7(14)9(8)16(20)21/h4H,1-3H3,(H,15,19)(H,17,18). The minimum atomic E-state index is -1.63. The van der Waals surface area contributed by atoms with Crippen molar-refractivity contribution in [3.05, 3.63) is 32.6 Å². The number of nitrogens with one attached hydrogen (secondary N) is 1. The van der Waals surface area contributed by atoms with E-state index in [-0.39, 0.29) is 0 Å². The normalized spacial score (nSPS) is 11.0. The Hall–Kier alpha value is -2.42. The first-order valence-electron chi connectivity index (χ1n) is 5.83. The molecule has 0 unspecified atom stereocenters. The molecule has 0 atom stereocenters. The monoisotopic (exact) mass is 334 g/mol. The second-order valence-corrected chi connectivity index (χ2v) is 5.54. The van der Waals surface area contributed by atoms with Crippen LogP contribution in [0.15, 0.2) is 6.07 Å². The largest absolute Gasteiger partial charge is 0.478 e. The Kier molecular flexibility index (Phi) is 4.92. The predicted molar refractivity (Wildman–Crippen MR) is 74.9 cm³/mol. The number of rotatable bonds is 3. The fraction of sp³-hybridized carbons (Fsp3) is 0.333. The van der Waals surface area contributed by atoms with Gasteiger partial charge in [0.1, 0.15) is 11.3 Å². The zero-order valence-corrected chi connectivity index (χ0v) is 12.5. The summed E-state index contributed by atoms with van der Waals surface area (Å²) in [6.07, 6.45) is -1.17. The summed E-state index contributed by atoms with van der Waals surface area (Å²) in [7, 11) is 0. The molecule has 1 amide bonds. The van der Waals surface area contributed by atoms with E-state index in [0.29, 0.717) is 6.07 Å². The number of hydrogen-bond acceptors (Lipinski definition) is 5. The third-order valence-electron chi connectivity index (χ3n) is 2.23. The summed E-state index contributed by atoms with van der Waals surface area (Å²) in [5, 5.41) is 21.1. The summed E-state index contributed by atoms with van der Waals surface area (Å²) in [4.78, 5) is 32.6. The number of halogens is 2. The van der Waals surface area contributed by atoms with Crippen LogP contribution in [0.1, 0.15) is 31.1 Å². The Balaban J connectivity index is 3.43. The fourth-order valence-corrected chi connectivity index (χ4v) is 1.68. The maximum absolute atomic E-state index is 13.8. The molecule has 0 saturated carbocycles. The second-order valence-electron chi connectivity index (χ2n) is 5.13. The number of hydrogen-bond donors (Lipinski definition) is 2. The maximum atomic E-state index is 13.8. The average Bonchev–Trinajstić information content (AvgIpc) is 2.30. The molecule has 0 bridgehead atoms. The number of nitro groups is 1. The number of carbonyl (C=O) groups is 2. The van der Waals surface area contributed by atoms with Crippen molar-refractivity contribution in [3.63, 3.8) is 0 Å². The molecule has 1 aromatic carbocycles. The van der Waals surface area contributed by atoms with Gasteiger partial charge in [0.2, 0.25) is 5.82 Å². The molecule has 0 fully saturated rings. The van der Waals surface area contributed by atoms with Crippen molar-refractivity contribution in [3.8, 4) is 0 Å². The second kappa shape index (κ2) is 6.14. The number of carboxylic acid groups (broad SMARTS) is 1. The zero-order valence-electron chi connectivity index (χ0n) is 11.8. The van der Waals surface area contributed by atoms with Crippen molar-refractivity contribution in [1.29, 1.82) is 0 Å². The third kappa shape index (κ3) is 4.04. The molecular weight excluding hydrogens is 323 g/mol. The van der Waals surface area contributed by atoms with Crippen molar-refractivity contribution in [2.24, 2.45) is 0 Å². The van der Waals surface area contributed by atoms with E-state index in [1.54, 1.807) is 0 Å². The van der Waals surface area contributed by atoms with Gasteiger partial charge in [0, 0.05) is 0 Å². The molecule has 10 heteroatoms. The number of carbonyl (C=O) groups excluding carboxylic acids is 1. The van der Waals surface area contributed by atoms with Crippen LogP contribution in [0.4, 0.5) is 20.6 Å². The summed E-state index contributed by atoms with van der Waals surface area (Å²) < 4.78 is 18.6. The summed E-state index contributed by atoms with van der Waals surface area (Å²) in [5.41, 5.74) is -3.76. The number of carboxylic acids is 1. The van der Waals surface area contributed by atoms with Crippen LogP contribution >= 0.6 is 11.6 Å². The van der Waals surface area contributed by atoms with Gasteiger partial charge in [-0.3, -0.25) is 15.4 Å². The van der Waals surface area contributed by atoms with E-state index in [0.717, 1.165) is 0 Å². The Morgan fingerprint density at radius 2 is 2.00 bits per heavy atom. The Morgan fingerprint density at radius 1 is 1.45 bits per heavy atom. The minimum Gasteiger partial charge on any atom is -0.478 e. The Morgan fingerprint density at radius 3 is 2.41 bits per heavy atom. The van der Waals surface area contributed by atoms with Gasteiger partial charge in [-0.25, -0.2) is 9.59 Å². The minimum absolute atomic E-state index is 0.666. The molecule has 0 radical (unpaired) electrons. The van der Waals surface area contributed by atoms with Crippen LogP contribution in [-0.4, -0.2) is 27.7 Å². The molecule has 0 aliphatic rings. The van der Waals surface area contributed by atoms with Crippen molar-refractivity contribution >= 4 is 35.0 Å². The van der Waals surface area contributed by atoms with E-state index < -0.39 is 50.4 Å². The topological polar surface area (TPSA) is 119 Å². The van der Waals surface area contributed by atoms with E-state index in [2.05, 4.69) is 0 Å². The predicted octanol–water partition coefficient (Wildman–Crippen LogP) is 3.43. The van der Waals surface area contributed by atoms with E-state index in [4.69, 9.17) is 21.4 Å². The number of nitrogens with zero attached hydrogens (tertiary/aromatic N) is 1. The van der Waals surface area contributed by atoms with Crippen LogP contribution in [0.25, 0.3) is 0 Å². The van der Waals surface area contributed by atoms with E-state index >= 15 is 0 Å². The summed E-state index contributed by atoms with van der Waals surface area (Å²) in [6, 6.07) is 0.666. The van der Waals surface area contributed by atoms with Gasteiger partial charge in [0.05, 0.1) is 15.5 Å². The molecule has 8 nitrogen and oxygen atoms in total. The van der Waals surface area contributed by atoms with Crippen LogP contribution in [0.5, 0.6) is 0 Å². The first-order chi connectivity index (χ1) is 9.94. The van der Waals surface area contributed by atoms with Crippen molar-refractivity contribution in [2.45, 2.75) is 26.4 Å². The number of ether oxygens (including phenoxy) is 1. The lowest BCUT2D eigenvalue weighted by atomic mass is 10.1. The lowest BCUT2D eigenvalue weighted by Crippen LogP contribution is -2.28. The molecular formula is C12H12ClFN2O6. The van der Waals surface area contributed by atoms with Crippen molar-refractivity contribution < 1.29 is 28.7 Å². The molecule has 22 heavy (non-hydrogen) atoms. The highest BCUT2D eigenvalue weighted by Gasteiger charge is 2.31. The molecule has 0 saturated heterocycles. The van der Waals surface area contributed by atoms with Crippen LogP contribution < -0.4 is 5.32 Å². The van der Waals surface area contributed by atoms with E-state index in [1.807, 2.05) is 5.32 Å². The lowest BCUT2D eigenvalue weighted by molar-refractivity contribution is -0.386. The molecule has 1 rings (SSSR count). The Labute approximate surface area is 129 Å². The number of amides is 1. The van der Waals surface area contributed by atoms with Gasteiger partial charge < -0.3 is 9.84 Å². The SMILES string of the molecule is CC(C)(C)OC(=O)Nc1c(C(=O)O)cc(Cl)c(F)c1[N+](=O)[O-]. The molecule has 0 aromatic heterocycles. The first-order valence-corrected chi connectivity index (χ1v) is 6.21. The fourth-order valence-electron chi connectivity index (χ4n) is 1.48. The van der Waals surface area contributed by atoms with Gasteiger partial charge in [-0.15, -0.1) is 0 Å². The van der Waals surface area contributed by atoms with E-state index in [9.17, 15) is 24.1 Å². The maximum Gasteiger partial charge on any atom is 0.412 e.